The first-order valence-electron chi connectivity index (χ1n) is 7.34. The number of carbonyl (C=O) groups excluding carboxylic acids is 1. The predicted molar refractivity (Wildman–Crippen MR) is 78.8 cm³/mol. The summed E-state index contributed by atoms with van der Waals surface area (Å²) in [6, 6.07) is 3.41. The van der Waals surface area contributed by atoms with Gasteiger partial charge in [0.1, 0.15) is 17.3 Å². The van der Waals surface area contributed by atoms with Gasteiger partial charge in [0.2, 0.25) is 0 Å². The van der Waals surface area contributed by atoms with Crippen molar-refractivity contribution in [2.75, 3.05) is 13.2 Å². The Balaban J connectivity index is 1.95. The molecule has 0 aliphatic carbocycles. The van der Waals surface area contributed by atoms with Crippen molar-refractivity contribution < 1.29 is 18.3 Å². The van der Waals surface area contributed by atoms with Gasteiger partial charge in [-0.3, -0.25) is 4.79 Å². The topological polar surface area (TPSA) is 56.2 Å². The molecule has 1 N–H and O–H groups in total. The number of aromatic nitrogens is 2. The first kappa shape index (κ1) is 15.6. The Bertz CT molecular complexity index is 724. The maximum Gasteiger partial charge on any atom is 0.272 e. The highest BCUT2D eigenvalue weighted by Gasteiger charge is 2.38. The summed E-state index contributed by atoms with van der Waals surface area (Å²) in [6.07, 6.45) is 3.93. The Labute approximate surface area is 132 Å². The average molecular weight is 321 g/mol. The zero-order valence-corrected chi connectivity index (χ0v) is 12.7. The second kappa shape index (κ2) is 6.08. The summed E-state index contributed by atoms with van der Waals surface area (Å²) in [6.45, 7) is 0.776. The average Bonchev–Trinajstić information content (AvgIpc) is 2.94. The number of nitrogens with one attached hydrogen (secondary N) is 1. The molecular formula is C16H17F2N3O2. The minimum Gasteiger partial charge on any atom is -0.381 e. The van der Waals surface area contributed by atoms with Gasteiger partial charge in [-0.1, -0.05) is 6.07 Å². The van der Waals surface area contributed by atoms with Crippen molar-refractivity contribution in [1.29, 1.82) is 0 Å². The molecule has 23 heavy (non-hydrogen) atoms. The Morgan fingerprint density at radius 3 is 2.70 bits per heavy atom. The lowest BCUT2D eigenvalue weighted by Crippen LogP contribution is -2.50. The van der Waals surface area contributed by atoms with Crippen molar-refractivity contribution in [3.8, 4) is 0 Å². The van der Waals surface area contributed by atoms with Crippen molar-refractivity contribution in [3.05, 3.63) is 53.6 Å². The van der Waals surface area contributed by atoms with Crippen molar-refractivity contribution in [2.24, 2.45) is 7.05 Å². The molecule has 1 aliphatic rings. The molecule has 0 saturated carbocycles. The van der Waals surface area contributed by atoms with Crippen LogP contribution in [0.3, 0.4) is 0 Å². The van der Waals surface area contributed by atoms with Crippen LogP contribution >= 0.6 is 0 Å². The van der Waals surface area contributed by atoms with Gasteiger partial charge in [-0.2, -0.15) is 0 Å². The molecule has 1 fully saturated rings. The molecule has 0 unspecified atom stereocenters. The van der Waals surface area contributed by atoms with Gasteiger partial charge in [-0.15, -0.1) is 0 Å². The summed E-state index contributed by atoms with van der Waals surface area (Å²) in [5.41, 5.74) is -0.405. The predicted octanol–water partition coefficient (Wildman–Crippen LogP) is 2.13. The number of hydrogen-bond donors (Lipinski definition) is 1. The Hall–Kier alpha value is -2.28. The van der Waals surface area contributed by atoms with Crippen LogP contribution in [0.2, 0.25) is 0 Å². The number of hydrogen-bond acceptors (Lipinski definition) is 3. The van der Waals surface area contributed by atoms with E-state index < -0.39 is 23.1 Å². The molecule has 3 rings (SSSR count). The van der Waals surface area contributed by atoms with E-state index in [1.54, 1.807) is 17.8 Å². The first-order valence-corrected chi connectivity index (χ1v) is 7.34. The Morgan fingerprint density at radius 1 is 1.35 bits per heavy atom. The number of amides is 1. The van der Waals surface area contributed by atoms with E-state index in [1.165, 1.54) is 18.5 Å². The molecule has 122 valence electrons. The van der Waals surface area contributed by atoms with E-state index in [2.05, 4.69) is 10.3 Å². The molecule has 2 heterocycles. The fourth-order valence-corrected chi connectivity index (χ4v) is 2.87. The van der Waals surface area contributed by atoms with Gasteiger partial charge in [0.25, 0.3) is 5.91 Å². The summed E-state index contributed by atoms with van der Waals surface area (Å²) in [5, 5.41) is 2.88. The van der Waals surface area contributed by atoms with Crippen LogP contribution in [0.4, 0.5) is 8.78 Å². The van der Waals surface area contributed by atoms with Crippen LogP contribution in [0.15, 0.2) is 30.7 Å². The second-order valence-corrected chi connectivity index (χ2v) is 5.70. The van der Waals surface area contributed by atoms with Crippen LogP contribution in [0.5, 0.6) is 0 Å². The number of carbonyl (C=O) groups is 1. The van der Waals surface area contributed by atoms with Crippen LogP contribution in [0, 0.1) is 11.6 Å². The maximum atomic E-state index is 14.3. The molecule has 0 radical (unpaired) electrons. The third-order valence-corrected chi connectivity index (χ3v) is 4.08. The lowest BCUT2D eigenvalue weighted by atomic mass is 9.82. The van der Waals surface area contributed by atoms with E-state index in [9.17, 15) is 13.6 Å². The zero-order valence-electron chi connectivity index (χ0n) is 12.7. The van der Waals surface area contributed by atoms with Crippen LogP contribution < -0.4 is 5.32 Å². The van der Waals surface area contributed by atoms with E-state index in [4.69, 9.17) is 4.74 Å². The molecule has 0 spiro atoms. The molecule has 0 bridgehead atoms. The number of benzene rings is 1. The SMILES string of the molecule is Cn1cnc(C(=O)NC2(c3ccc(F)cc3F)CCOCC2)c1. The lowest BCUT2D eigenvalue weighted by molar-refractivity contribution is 0.0332. The summed E-state index contributed by atoms with van der Waals surface area (Å²) < 4.78 is 34.5. The Morgan fingerprint density at radius 2 is 2.09 bits per heavy atom. The summed E-state index contributed by atoms with van der Waals surface area (Å²) >= 11 is 0. The Kier molecular flexibility index (Phi) is 4.12. The number of imidazole rings is 1. The van der Waals surface area contributed by atoms with Crippen LogP contribution in [-0.2, 0) is 17.3 Å². The van der Waals surface area contributed by atoms with Gasteiger partial charge in [0.15, 0.2) is 0 Å². The number of halogens is 2. The molecule has 0 atom stereocenters. The third-order valence-electron chi connectivity index (χ3n) is 4.08. The van der Waals surface area contributed by atoms with Gasteiger partial charge in [-0.25, -0.2) is 13.8 Å². The van der Waals surface area contributed by atoms with E-state index in [0.29, 0.717) is 26.1 Å². The largest absolute Gasteiger partial charge is 0.381 e. The van der Waals surface area contributed by atoms with E-state index in [1.807, 2.05) is 0 Å². The highest BCUT2D eigenvalue weighted by Crippen LogP contribution is 2.34. The van der Waals surface area contributed by atoms with E-state index in [0.717, 1.165) is 6.07 Å². The van der Waals surface area contributed by atoms with Crippen LogP contribution in [-0.4, -0.2) is 28.7 Å². The second-order valence-electron chi connectivity index (χ2n) is 5.70. The van der Waals surface area contributed by atoms with Crippen molar-refractivity contribution in [3.63, 3.8) is 0 Å². The lowest BCUT2D eigenvalue weighted by Gasteiger charge is -2.38. The number of ether oxygens (including phenoxy) is 1. The molecule has 1 aliphatic heterocycles. The molecule has 1 aromatic carbocycles. The quantitative estimate of drug-likeness (QED) is 0.942. The fraction of sp³-hybridized carbons (Fsp3) is 0.375. The van der Waals surface area contributed by atoms with Gasteiger partial charge in [-0.05, 0) is 18.9 Å². The van der Waals surface area contributed by atoms with Crippen LogP contribution in [0.1, 0.15) is 28.9 Å². The molecule has 1 aromatic heterocycles. The summed E-state index contributed by atoms with van der Waals surface area (Å²) in [4.78, 5) is 16.5. The van der Waals surface area contributed by atoms with Crippen molar-refractivity contribution in [1.82, 2.24) is 14.9 Å². The van der Waals surface area contributed by atoms with Gasteiger partial charge in [0, 0.05) is 38.1 Å². The molecule has 1 amide bonds. The van der Waals surface area contributed by atoms with Crippen LogP contribution in [0.25, 0.3) is 0 Å². The maximum absolute atomic E-state index is 14.3. The smallest absolute Gasteiger partial charge is 0.272 e. The van der Waals surface area contributed by atoms with Crippen molar-refractivity contribution >= 4 is 5.91 Å². The fourth-order valence-electron chi connectivity index (χ4n) is 2.87. The summed E-state index contributed by atoms with van der Waals surface area (Å²) in [5.74, 6) is -1.71. The van der Waals surface area contributed by atoms with Crippen molar-refractivity contribution in [2.45, 2.75) is 18.4 Å². The zero-order chi connectivity index (χ0) is 16.4. The molecule has 7 heteroatoms. The standard InChI is InChI=1S/C16H17F2N3O2/c1-21-9-14(19-10-21)15(22)20-16(4-6-23-7-5-16)12-3-2-11(17)8-13(12)18/h2-3,8-10H,4-7H2,1H3,(H,20,22). The number of aryl methyl sites for hydroxylation is 1. The molecule has 5 nitrogen and oxygen atoms in total. The minimum atomic E-state index is -0.926. The van der Waals surface area contributed by atoms with E-state index >= 15 is 0 Å². The highest BCUT2D eigenvalue weighted by molar-refractivity contribution is 5.92. The van der Waals surface area contributed by atoms with E-state index in [-0.39, 0.29) is 11.3 Å². The molecular weight excluding hydrogens is 304 g/mol. The van der Waals surface area contributed by atoms with Gasteiger partial charge >= 0.3 is 0 Å². The highest BCUT2D eigenvalue weighted by atomic mass is 19.1. The van der Waals surface area contributed by atoms with Gasteiger partial charge in [0.05, 0.1) is 11.9 Å². The first-order chi connectivity index (χ1) is 11.0. The van der Waals surface area contributed by atoms with Gasteiger partial charge < -0.3 is 14.6 Å². The third kappa shape index (κ3) is 3.10. The minimum absolute atomic E-state index is 0.251. The number of nitrogens with zero attached hydrogens (tertiary/aromatic N) is 2. The monoisotopic (exact) mass is 321 g/mol. The summed E-state index contributed by atoms with van der Waals surface area (Å²) in [7, 11) is 1.76. The molecule has 1 saturated heterocycles. The number of rotatable bonds is 3. The molecule has 2 aromatic rings. The normalized spacial score (nSPS) is 17.0.